The zero-order valence-electron chi connectivity index (χ0n) is 12.3. The van der Waals surface area contributed by atoms with Gasteiger partial charge in [0.1, 0.15) is 6.61 Å². The van der Waals surface area contributed by atoms with Gasteiger partial charge in [-0.2, -0.15) is 0 Å². The Labute approximate surface area is 129 Å². The topological polar surface area (TPSA) is 67.4 Å². The van der Waals surface area contributed by atoms with Gasteiger partial charge in [-0.3, -0.25) is 9.59 Å². The van der Waals surface area contributed by atoms with Gasteiger partial charge >= 0.3 is 0 Å². The number of anilines is 1. The van der Waals surface area contributed by atoms with Crippen LogP contribution in [0.3, 0.4) is 0 Å². The molecule has 0 aliphatic rings. The van der Waals surface area contributed by atoms with Gasteiger partial charge in [0.15, 0.2) is 0 Å². The Kier molecular flexibility index (Phi) is 5.68. The molecule has 2 aromatic carbocycles. The molecule has 2 amide bonds. The lowest BCUT2D eigenvalue weighted by Crippen LogP contribution is -2.20. The average Bonchev–Trinajstić information content (AvgIpc) is 2.55. The molecule has 0 saturated carbocycles. The molecule has 0 bridgehead atoms. The van der Waals surface area contributed by atoms with Gasteiger partial charge in [-0.15, -0.1) is 0 Å². The number of carbonyl (C=O) groups is 2. The Morgan fingerprint density at radius 1 is 1.05 bits per heavy atom. The SMILES string of the molecule is CNC(=O)c1cccc(NC(=O)COCc2ccccc2)c1. The first-order valence-electron chi connectivity index (χ1n) is 6.92. The van der Waals surface area contributed by atoms with Crippen LogP contribution in [0.1, 0.15) is 15.9 Å². The number of hydrogen-bond acceptors (Lipinski definition) is 3. The summed E-state index contributed by atoms with van der Waals surface area (Å²) in [5.41, 5.74) is 2.07. The fourth-order valence-corrected chi connectivity index (χ4v) is 1.92. The summed E-state index contributed by atoms with van der Waals surface area (Å²) < 4.78 is 5.36. The summed E-state index contributed by atoms with van der Waals surface area (Å²) in [7, 11) is 1.56. The second-order valence-electron chi connectivity index (χ2n) is 4.69. The molecule has 0 aliphatic carbocycles. The van der Waals surface area contributed by atoms with Crippen molar-refractivity contribution in [3.8, 4) is 0 Å². The number of rotatable bonds is 6. The van der Waals surface area contributed by atoms with Crippen LogP contribution in [-0.4, -0.2) is 25.5 Å². The highest BCUT2D eigenvalue weighted by molar-refractivity contribution is 5.97. The predicted molar refractivity (Wildman–Crippen MR) is 84.6 cm³/mol. The first-order valence-corrected chi connectivity index (χ1v) is 6.92. The molecule has 0 fully saturated rings. The van der Waals surface area contributed by atoms with E-state index in [1.54, 1.807) is 31.3 Å². The summed E-state index contributed by atoms with van der Waals surface area (Å²) in [5.74, 6) is -0.457. The van der Waals surface area contributed by atoms with Crippen LogP contribution in [0.25, 0.3) is 0 Å². The van der Waals surface area contributed by atoms with E-state index in [-0.39, 0.29) is 18.4 Å². The maximum atomic E-state index is 11.8. The molecule has 5 heteroatoms. The molecular weight excluding hydrogens is 280 g/mol. The lowest BCUT2D eigenvalue weighted by molar-refractivity contribution is -0.121. The molecule has 114 valence electrons. The summed E-state index contributed by atoms with van der Waals surface area (Å²) >= 11 is 0. The lowest BCUT2D eigenvalue weighted by atomic mass is 10.2. The van der Waals surface area contributed by atoms with Gasteiger partial charge in [0, 0.05) is 18.3 Å². The van der Waals surface area contributed by atoms with E-state index >= 15 is 0 Å². The molecule has 0 radical (unpaired) electrons. The number of nitrogens with one attached hydrogen (secondary N) is 2. The number of ether oxygens (including phenoxy) is 1. The van der Waals surface area contributed by atoms with Crippen molar-refractivity contribution in [3.63, 3.8) is 0 Å². The molecule has 2 rings (SSSR count). The van der Waals surface area contributed by atoms with E-state index in [9.17, 15) is 9.59 Å². The Hall–Kier alpha value is -2.66. The Morgan fingerprint density at radius 2 is 1.82 bits per heavy atom. The van der Waals surface area contributed by atoms with Crippen molar-refractivity contribution in [2.45, 2.75) is 6.61 Å². The standard InChI is InChI=1S/C17H18N2O3/c1-18-17(21)14-8-5-9-15(10-14)19-16(20)12-22-11-13-6-3-2-4-7-13/h2-10H,11-12H2,1H3,(H,18,21)(H,19,20). The van der Waals surface area contributed by atoms with Crippen LogP contribution in [0.15, 0.2) is 54.6 Å². The number of amides is 2. The first-order chi connectivity index (χ1) is 10.7. The van der Waals surface area contributed by atoms with Gasteiger partial charge in [-0.1, -0.05) is 36.4 Å². The third-order valence-corrected chi connectivity index (χ3v) is 2.98. The van der Waals surface area contributed by atoms with E-state index < -0.39 is 0 Å². The van der Waals surface area contributed by atoms with Crippen LogP contribution in [-0.2, 0) is 16.1 Å². The van der Waals surface area contributed by atoms with Crippen molar-refractivity contribution in [3.05, 3.63) is 65.7 Å². The van der Waals surface area contributed by atoms with Crippen LogP contribution in [0.5, 0.6) is 0 Å². The molecule has 0 heterocycles. The van der Waals surface area contributed by atoms with Crippen molar-refractivity contribution in [1.29, 1.82) is 0 Å². The van der Waals surface area contributed by atoms with Crippen molar-refractivity contribution < 1.29 is 14.3 Å². The van der Waals surface area contributed by atoms with Crippen molar-refractivity contribution in [2.24, 2.45) is 0 Å². The second kappa shape index (κ2) is 7.95. The van der Waals surface area contributed by atoms with Gasteiger partial charge in [-0.05, 0) is 23.8 Å². The minimum Gasteiger partial charge on any atom is -0.367 e. The minimum absolute atomic E-state index is 0.0426. The van der Waals surface area contributed by atoms with Gasteiger partial charge in [0.05, 0.1) is 6.61 Å². The number of carbonyl (C=O) groups excluding carboxylic acids is 2. The normalized spacial score (nSPS) is 10.0. The fourth-order valence-electron chi connectivity index (χ4n) is 1.92. The fraction of sp³-hybridized carbons (Fsp3) is 0.176. The molecule has 2 N–H and O–H groups in total. The zero-order chi connectivity index (χ0) is 15.8. The van der Waals surface area contributed by atoms with Crippen LogP contribution in [0, 0.1) is 0 Å². The molecule has 0 unspecified atom stereocenters. The highest BCUT2D eigenvalue weighted by Crippen LogP contribution is 2.10. The smallest absolute Gasteiger partial charge is 0.251 e. The van der Waals surface area contributed by atoms with Gasteiger partial charge < -0.3 is 15.4 Å². The Balaban J connectivity index is 1.83. The molecule has 0 atom stereocenters. The maximum absolute atomic E-state index is 11.8. The quantitative estimate of drug-likeness (QED) is 0.859. The number of benzene rings is 2. The highest BCUT2D eigenvalue weighted by Gasteiger charge is 2.06. The van der Waals surface area contributed by atoms with Crippen molar-refractivity contribution >= 4 is 17.5 Å². The number of hydrogen-bond donors (Lipinski definition) is 2. The summed E-state index contributed by atoms with van der Waals surface area (Å²) in [6, 6.07) is 16.4. The maximum Gasteiger partial charge on any atom is 0.251 e. The monoisotopic (exact) mass is 298 g/mol. The summed E-state index contributed by atoms with van der Waals surface area (Å²) in [6.45, 7) is 0.339. The van der Waals surface area contributed by atoms with Crippen LogP contribution >= 0.6 is 0 Å². The largest absolute Gasteiger partial charge is 0.367 e. The molecule has 0 saturated heterocycles. The molecule has 0 spiro atoms. The van der Waals surface area contributed by atoms with Crippen LogP contribution in [0.4, 0.5) is 5.69 Å². The molecule has 22 heavy (non-hydrogen) atoms. The molecule has 0 aliphatic heterocycles. The molecular formula is C17H18N2O3. The minimum atomic E-state index is -0.259. The Bertz CT molecular complexity index is 641. The second-order valence-corrected chi connectivity index (χ2v) is 4.69. The van der Waals surface area contributed by atoms with E-state index in [4.69, 9.17) is 4.74 Å². The van der Waals surface area contributed by atoms with E-state index in [0.29, 0.717) is 17.9 Å². The van der Waals surface area contributed by atoms with E-state index in [1.165, 1.54) is 0 Å². The third kappa shape index (κ3) is 4.71. The molecule has 5 nitrogen and oxygen atoms in total. The van der Waals surface area contributed by atoms with Crippen molar-refractivity contribution in [1.82, 2.24) is 5.32 Å². The predicted octanol–water partition coefficient (Wildman–Crippen LogP) is 2.20. The van der Waals surface area contributed by atoms with E-state index in [2.05, 4.69) is 10.6 Å². The molecule has 0 aromatic heterocycles. The Morgan fingerprint density at radius 3 is 2.55 bits per heavy atom. The summed E-state index contributed by atoms with van der Waals surface area (Å²) in [5, 5.41) is 5.24. The molecule has 2 aromatic rings. The summed E-state index contributed by atoms with van der Waals surface area (Å²) in [4.78, 5) is 23.3. The van der Waals surface area contributed by atoms with Gasteiger partial charge in [0.2, 0.25) is 5.91 Å². The van der Waals surface area contributed by atoms with Crippen molar-refractivity contribution in [2.75, 3.05) is 19.0 Å². The van der Waals surface area contributed by atoms with E-state index in [1.807, 2.05) is 30.3 Å². The van der Waals surface area contributed by atoms with Crippen LogP contribution < -0.4 is 10.6 Å². The first kappa shape index (κ1) is 15.7. The van der Waals surface area contributed by atoms with Crippen LogP contribution in [0.2, 0.25) is 0 Å². The lowest BCUT2D eigenvalue weighted by Gasteiger charge is -2.08. The average molecular weight is 298 g/mol. The third-order valence-electron chi connectivity index (χ3n) is 2.98. The summed E-state index contributed by atoms with van der Waals surface area (Å²) in [6.07, 6.45) is 0. The van der Waals surface area contributed by atoms with Gasteiger partial charge in [0.25, 0.3) is 5.91 Å². The zero-order valence-corrected chi connectivity index (χ0v) is 12.3. The highest BCUT2D eigenvalue weighted by atomic mass is 16.5. The van der Waals surface area contributed by atoms with Gasteiger partial charge in [-0.25, -0.2) is 0 Å². The van der Waals surface area contributed by atoms with E-state index in [0.717, 1.165) is 5.56 Å².